The molecule has 1 aromatic carbocycles. The van der Waals surface area contributed by atoms with E-state index in [0.717, 1.165) is 30.2 Å². The van der Waals surface area contributed by atoms with Gasteiger partial charge in [-0.3, -0.25) is 0 Å². The third kappa shape index (κ3) is 1.67. The van der Waals surface area contributed by atoms with Crippen LogP contribution in [0.15, 0.2) is 24.4 Å². The van der Waals surface area contributed by atoms with Crippen molar-refractivity contribution in [2.45, 2.75) is 24.9 Å². The van der Waals surface area contributed by atoms with Crippen LogP contribution in [0.1, 0.15) is 25.3 Å². The van der Waals surface area contributed by atoms with Crippen LogP contribution in [-0.4, -0.2) is 9.97 Å². The maximum atomic E-state index is 13.8. The van der Waals surface area contributed by atoms with Crippen molar-refractivity contribution in [3.8, 4) is 11.3 Å². The summed E-state index contributed by atoms with van der Waals surface area (Å²) in [5, 5.41) is 3.30. The van der Waals surface area contributed by atoms with Gasteiger partial charge < -0.3 is 5.32 Å². The Morgan fingerprint density at radius 2 is 2.26 bits per heavy atom. The second kappa shape index (κ2) is 3.74. The van der Waals surface area contributed by atoms with Gasteiger partial charge in [0.05, 0.1) is 6.20 Å². The molecule has 1 aliphatic heterocycles. The SMILES string of the molecule is [2H]C1NC2(CC2)c2ccc(-c3nc(Cl)ncc3F)cc21. The third-order valence-corrected chi connectivity index (χ3v) is 3.99. The summed E-state index contributed by atoms with van der Waals surface area (Å²) in [6.07, 6.45) is 3.18. The molecule has 2 heterocycles. The molecule has 1 fully saturated rings. The molecule has 0 amide bonds. The van der Waals surface area contributed by atoms with Crippen LogP contribution in [0.3, 0.4) is 0 Å². The predicted molar refractivity (Wildman–Crippen MR) is 70.2 cm³/mol. The third-order valence-electron chi connectivity index (χ3n) is 3.81. The van der Waals surface area contributed by atoms with E-state index in [2.05, 4.69) is 15.3 Å². The lowest BCUT2D eigenvalue weighted by atomic mass is 9.99. The van der Waals surface area contributed by atoms with Crippen molar-refractivity contribution in [1.29, 1.82) is 0 Å². The van der Waals surface area contributed by atoms with Crippen LogP contribution in [0.4, 0.5) is 4.39 Å². The zero-order chi connectivity index (χ0) is 13.9. The maximum Gasteiger partial charge on any atom is 0.223 e. The average molecular weight is 277 g/mol. The van der Waals surface area contributed by atoms with Crippen LogP contribution in [-0.2, 0) is 12.1 Å². The van der Waals surface area contributed by atoms with Gasteiger partial charge in [-0.1, -0.05) is 12.1 Å². The second-order valence-electron chi connectivity index (χ2n) is 5.01. The molecular weight excluding hydrogens is 265 g/mol. The lowest BCUT2D eigenvalue weighted by Gasteiger charge is -2.09. The van der Waals surface area contributed by atoms with Gasteiger partial charge >= 0.3 is 0 Å². The quantitative estimate of drug-likeness (QED) is 0.814. The Morgan fingerprint density at radius 3 is 3.05 bits per heavy atom. The van der Waals surface area contributed by atoms with Crippen LogP contribution in [0.2, 0.25) is 5.28 Å². The first-order valence-electron chi connectivity index (χ1n) is 6.70. The number of rotatable bonds is 1. The predicted octanol–water partition coefficient (Wildman–Crippen LogP) is 3.03. The van der Waals surface area contributed by atoms with Gasteiger partial charge in [-0.2, -0.15) is 0 Å². The molecule has 0 bridgehead atoms. The van der Waals surface area contributed by atoms with Crippen LogP contribution in [0.5, 0.6) is 0 Å². The van der Waals surface area contributed by atoms with Gasteiger partial charge in [-0.15, -0.1) is 0 Å². The molecular formula is C14H11ClFN3. The Bertz CT molecular complexity index is 718. The summed E-state index contributed by atoms with van der Waals surface area (Å²) in [6, 6.07) is 5.63. The number of nitrogens with zero attached hydrogens (tertiary/aromatic N) is 2. The summed E-state index contributed by atoms with van der Waals surface area (Å²) in [4.78, 5) is 7.56. The molecule has 0 radical (unpaired) electrons. The average Bonchev–Trinajstić information content (AvgIpc) is 3.15. The number of hydrogen-bond donors (Lipinski definition) is 1. The number of nitrogens with one attached hydrogen (secondary N) is 1. The highest BCUT2D eigenvalue weighted by molar-refractivity contribution is 6.28. The number of aromatic nitrogens is 2. The number of benzene rings is 1. The lowest BCUT2D eigenvalue weighted by Crippen LogP contribution is -2.19. The van der Waals surface area contributed by atoms with Crippen LogP contribution in [0.25, 0.3) is 11.3 Å². The number of fused-ring (bicyclic) bond motifs is 2. The molecule has 5 heteroatoms. The largest absolute Gasteiger partial charge is 0.303 e. The molecule has 2 aromatic rings. The Morgan fingerprint density at radius 1 is 1.42 bits per heavy atom. The van der Waals surface area contributed by atoms with Gasteiger partial charge in [0.1, 0.15) is 5.69 Å². The molecule has 1 N–H and O–H groups in total. The Balaban J connectivity index is 1.85. The fourth-order valence-electron chi connectivity index (χ4n) is 2.65. The summed E-state index contributed by atoms with van der Waals surface area (Å²) in [5.41, 5.74) is 2.84. The minimum atomic E-state index is -0.511. The first-order chi connectivity index (χ1) is 9.59. The summed E-state index contributed by atoms with van der Waals surface area (Å²) in [7, 11) is 0. The highest BCUT2D eigenvalue weighted by Crippen LogP contribution is 2.50. The molecule has 0 saturated heterocycles. The summed E-state index contributed by atoms with van der Waals surface area (Å²) < 4.78 is 21.9. The second-order valence-corrected chi connectivity index (χ2v) is 5.35. The zero-order valence-electron chi connectivity index (χ0n) is 11.0. The minimum Gasteiger partial charge on any atom is -0.303 e. The maximum absolute atomic E-state index is 13.8. The molecule has 4 rings (SSSR count). The van der Waals surface area contributed by atoms with Crippen molar-refractivity contribution in [1.82, 2.24) is 15.3 Å². The first kappa shape index (κ1) is 10.3. The van der Waals surface area contributed by atoms with Crippen LogP contribution in [0, 0.1) is 5.82 Å². The van der Waals surface area contributed by atoms with Gasteiger partial charge in [0, 0.05) is 19.0 Å². The molecule has 1 aromatic heterocycles. The van der Waals surface area contributed by atoms with E-state index in [1.54, 1.807) is 0 Å². The van der Waals surface area contributed by atoms with Crippen molar-refractivity contribution >= 4 is 11.6 Å². The van der Waals surface area contributed by atoms with E-state index in [9.17, 15) is 4.39 Å². The highest BCUT2D eigenvalue weighted by Gasteiger charge is 2.48. The molecule has 3 nitrogen and oxygen atoms in total. The summed E-state index contributed by atoms with van der Waals surface area (Å²) >= 11 is 5.73. The minimum absolute atomic E-state index is 0.0118. The molecule has 1 aliphatic carbocycles. The van der Waals surface area contributed by atoms with E-state index >= 15 is 0 Å². The van der Waals surface area contributed by atoms with Gasteiger partial charge in [0.2, 0.25) is 5.28 Å². The monoisotopic (exact) mass is 276 g/mol. The van der Waals surface area contributed by atoms with E-state index in [4.69, 9.17) is 13.0 Å². The fourth-order valence-corrected chi connectivity index (χ4v) is 2.78. The van der Waals surface area contributed by atoms with Crippen molar-refractivity contribution in [3.05, 3.63) is 46.6 Å². The summed E-state index contributed by atoms with van der Waals surface area (Å²) in [6.45, 7) is -0.465. The van der Waals surface area contributed by atoms with E-state index in [-0.39, 0.29) is 16.5 Å². The van der Waals surface area contributed by atoms with Crippen molar-refractivity contribution in [2.24, 2.45) is 0 Å². The van der Waals surface area contributed by atoms with E-state index < -0.39 is 12.3 Å². The van der Waals surface area contributed by atoms with Crippen LogP contribution >= 0.6 is 11.6 Å². The standard InChI is InChI=1S/C14H11ClFN3/c15-13-17-7-11(16)12(19-13)8-1-2-10-9(5-8)6-18-14(10)3-4-14/h1-2,5,7,18H,3-4,6H2/i6D. The van der Waals surface area contributed by atoms with E-state index in [1.165, 1.54) is 0 Å². The molecule has 19 heavy (non-hydrogen) atoms. The Kier molecular flexibility index (Phi) is 2.03. The number of hydrogen-bond acceptors (Lipinski definition) is 3. The molecule has 2 aliphatic rings. The van der Waals surface area contributed by atoms with E-state index in [0.29, 0.717) is 5.56 Å². The molecule has 1 atom stereocenters. The van der Waals surface area contributed by atoms with Crippen molar-refractivity contribution < 1.29 is 5.76 Å². The van der Waals surface area contributed by atoms with Gasteiger partial charge in [-0.25, -0.2) is 14.4 Å². The van der Waals surface area contributed by atoms with Gasteiger partial charge in [0.25, 0.3) is 0 Å². The van der Waals surface area contributed by atoms with Crippen molar-refractivity contribution in [3.63, 3.8) is 0 Å². The Labute approximate surface area is 116 Å². The fraction of sp³-hybridized carbons (Fsp3) is 0.286. The zero-order valence-corrected chi connectivity index (χ0v) is 10.7. The van der Waals surface area contributed by atoms with Crippen LogP contribution < -0.4 is 5.32 Å². The lowest BCUT2D eigenvalue weighted by molar-refractivity contribution is 0.574. The normalized spacial score (nSPS) is 23.3. The smallest absolute Gasteiger partial charge is 0.223 e. The molecule has 1 spiro atoms. The Hall–Kier alpha value is -1.52. The molecule has 96 valence electrons. The molecule has 1 saturated carbocycles. The molecule has 1 unspecified atom stereocenters. The van der Waals surface area contributed by atoms with Crippen molar-refractivity contribution in [2.75, 3.05) is 0 Å². The van der Waals surface area contributed by atoms with Gasteiger partial charge in [-0.05, 0) is 41.6 Å². The number of halogens is 2. The van der Waals surface area contributed by atoms with Gasteiger partial charge in [0.15, 0.2) is 5.82 Å². The first-order valence-corrected chi connectivity index (χ1v) is 6.50. The van der Waals surface area contributed by atoms with E-state index in [1.807, 2.05) is 18.2 Å². The topological polar surface area (TPSA) is 37.8 Å². The highest BCUT2D eigenvalue weighted by atomic mass is 35.5. The summed E-state index contributed by atoms with van der Waals surface area (Å²) in [5.74, 6) is -0.511.